The molecular weight excluding hydrogens is 362 g/mol. The Balaban J connectivity index is 2.02. The van der Waals surface area contributed by atoms with Crippen molar-refractivity contribution in [3.8, 4) is 0 Å². The molecule has 0 bridgehead atoms. The molecule has 8 nitrogen and oxygen atoms in total. The molecule has 1 aromatic heterocycles. The third-order valence-electron chi connectivity index (χ3n) is 3.99. The van der Waals surface area contributed by atoms with Gasteiger partial charge < -0.3 is 29.4 Å². The number of quaternary nitrogens is 1. The summed E-state index contributed by atoms with van der Waals surface area (Å²) in [6, 6.07) is 7.45. The topological polar surface area (TPSA) is 111 Å². The highest BCUT2D eigenvalue weighted by atomic mass is 16.4. The van der Waals surface area contributed by atoms with E-state index in [0.717, 1.165) is 5.56 Å². The molecule has 1 heterocycles. The van der Waals surface area contributed by atoms with Crippen LogP contribution < -0.4 is 15.7 Å². The number of carbonyl (C=O) groups excluding carboxylic acids is 3. The van der Waals surface area contributed by atoms with Crippen molar-refractivity contribution in [3.63, 3.8) is 0 Å². The van der Waals surface area contributed by atoms with Gasteiger partial charge >= 0.3 is 0 Å². The van der Waals surface area contributed by atoms with E-state index in [2.05, 4.69) is 10.6 Å². The summed E-state index contributed by atoms with van der Waals surface area (Å²) in [6.45, 7) is 2.21. The SMILES string of the molecule is Cc1ccoc1C(=O)Nc1ccc(C(=O)N[C@H](CC(=O)[O-])C[N+](C)(C)C)cc1. The Bertz CT molecular complexity index is 849. The smallest absolute Gasteiger partial charge is 0.291 e. The molecule has 2 aromatic rings. The van der Waals surface area contributed by atoms with Gasteiger partial charge in [-0.25, -0.2) is 0 Å². The van der Waals surface area contributed by atoms with Gasteiger partial charge in [0.25, 0.3) is 11.8 Å². The second-order valence-corrected chi connectivity index (χ2v) is 7.68. The molecule has 2 amide bonds. The van der Waals surface area contributed by atoms with Crippen molar-refractivity contribution in [1.82, 2.24) is 5.32 Å². The molecule has 0 unspecified atom stereocenters. The van der Waals surface area contributed by atoms with Crippen LogP contribution in [0.2, 0.25) is 0 Å². The van der Waals surface area contributed by atoms with Crippen LogP contribution in [0.1, 0.15) is 32.9 Å². The molecule has 28 heavy (non-hydrogen) atoms. The number of nitrogens with one attached hydrogen (secondary N) is 2. The number of anilines is 1. The molecular formula is C20H25N3O5. The lowest BCUT2D eigenvalue weighted by Gasteiger charge is -2.30. The van der Waals surface area contributed by atoms with E-state index in [1.807, 2.05) is 21.1 Å². The lowest BCUT2D eigenvalue weighted by molar-refractivity contribution is -0.871. The summed E-state index contributed by atoms with van der Waals surface area (Å²) in [5.41, 5.74) is 1.59. The van der Waals surface area contributed by atoms with Crippen LogP contribution in [0.25, 0.3) is 0 Å². The van der Waals surface area contributed by atoms with Gasteiger partial charge in [-0.1, -0.05) is 0 Å². The second-order valence-electron chi connectivity index (χ2n) is 7.68. The molecule has 0 fully saturated rings. The Labute approximate surface area is 163 Å². The number of benzene rings is 1. The summed E-state index contributed by atoms with van der Waals surface area (Å²) in [5.74, 6) is -1.76. The maximum absolute atomic E-state index is 12.5. The first-order valence-electron chi connectivity index (χ1n) is 8.82. The average Bonchev–Trinajstić information content (AvgIpc) is 2.99. The van der Waals surface area contributed by atoms with Gasteiger partial charge in [0.1, 0.15) is 0 Å². The quantitative estimate of drug-likeness (QED) is 0.651. The minimum atomic E-state index is -1.22. The molecule has 0 aliphatic rings. The normalized spacial score (nSPS) is 12.3. The summed E-state index contributed by atoms with van der Waals surface area (Å²) in [4.78, 5) is 35.6. The molecule has 2 rings (SSSR count). The Morgan fingerprint density at radius 1 is 1.07 bits per heavy atom. The van der Waals surface area contributed by atoms with Gasteiger partial charge in [-0.05, 0) is 37.3 Å². The fraction of sp³-hybridized carbons (Fsp3) is 0.350. The molecule has 1 aromatic carbocycles. The minimum absolute atomic E-state index is 0.229. The zero-order chi connectivity index (χ0) is 20.9. The number of hydrogen-bond acceptors (Lipinski definition) is 5. The summed E-state index contributed by atoms with van der Waals surface area (Å²) >= 11 is 0. The number of likely N-dealkylation sites (N-methyl/N-ethyl adjacent to an activating group) is 1. The van der Waals surface area contributed by atoms with Crippen molar-refractivity contribution in [3.05, 3.63) is 53.5 Å². The van der Waals surface area contributed by atoms with Crippen LogP contribution in [-0.4, -0.2) is 56.0 Å². The molecule has 0 saturated heterocycles. The number of nitrogens with zero attached hydrogens (tertiary/aromatic N) is 1. The molecule has 0 aliphatic carbocycles. The predicted molar refractivity (Wildman–Crippen MR) is 102 cm³/mol. The van der Waals surface area contributed by atoms with Crippen molar-refractivity contribution in [2.24, 2.45) is 0 Å². The minimum Gasteiger partial charge on any atom is -0.550 e. The Morgan fingerprint density at radius 3 is 2.21 bits per heavy atom. The van der Waals surface area contributed by atoms with Crippen molar-refractivity contribution >= 4 is 23.5 Å². The number of aliphatic carboxylic acids is 1. The first kappa shape index (κ1) is 21.2. The number of amides is 2. The van der Waals surface area contributed by atoms with Crippen LogP contribution in [-0.2, 0) is 4.79 Å². The molecule has 1 atom stereocenters. The van der Waals surface area contributed by atoms with Crippen LogP contribution >= 0.6 is 0 Å². The molecule has 8 heteroatoms. The van der Waals surface area contributed by atoms with Gasteiger partial charge in [0.15, 0.2) is 5.76 Å². The van der Waals surface area contributed by atoms with Crippen molar-refractivity contribution in [2.75, 3.05) is 33.0 Å². The van der Waals surface area contributed by atoms with E-state index in [4.69, 9.17) is 4.42 Å². The number of carboxylic acids is 1. The number of hydrogen-bond donors (Lipinski definition) is 2. The highest BCUT2D eigenvalue weighted by molar-refractivity contribution is 6.03. The van der Waals surface area contributed by atoms with E-state index in [-0.39, 0.29) is 24.0 Å². The number of carbonyl (C=O) groups is 3. The first-order valence-corrected chi connectivity index (χ1v) is 8.82. The van der Waals surface area contributed by atoms with E-state index in [9.17, 15) is 19.5 Å². The zero-order valence-electron chi connectivity index (χ0n) is 16.4. The predicted octanol–water partition coefficient (Wildman–Crippen LogP) is 0.785. The Hall–Kier alpha value is -3.13. The Kier molecular flexibility index (Phi) is 6.58. The van der Waals surface area contributed by atoms with Gasteiger partial charge in [0.2, 0.25) is 0 Å². The third-order valence-corrected chi connectivity index (χ3v) is 3.99. The molecule has 2 N–H and O–H groups in total. The van der Waals surface area contributed by atoms with Crippen molar-refractivity contribution in [1.29, 1.82) is 0 Å². The summed E-state index contributed by atoms with van der Waals surface area (Å²) < 4.78 is 5.64. The highest BCUT2D eigenvalue weighted by Gasteiger charge is 2.21. The van der Waals surface area contributed by atoms with Crippen LogP contribution in [0.3, 0.4) is 0 Å². The summed E-state index contributed by atoms with van der Waals surface area (Å²) in [7, 11) is 5.73. The zero-order valence-corrected chi connectivity index (χ0v) is 16.4. The lowest BCUT2D eigenvalue weighted by atomic mass is 10.1. The van der Waals surface area contributed by atoms with E-state index < -0.39 is 12.0 Å². The second kappa shape index (κ2) is 8.71. The molecule has 0 spiro atoms. The van der Waals surface area contributed by atoms with Gasteiger partial charge in [-0.2, -0.15) is 0 Å². The van der Waals surface area contributed by atoms with Crippen molar-refractivity contribution < 1.29 is 28.4 Å². The highest BCUT2D eigenvalue weighted by Crippen LogP contribution is 2.14. The van der Waals surface area contributed by atoms with Gasteiger partial charge in [-0.3, -0.25) is 9.59 Å². The van der Waals surface area contributed by atoms with Gasteiger partial charge in [0, 0.05) is 29.2 Å². The maximum Gasteiger partial charge on any atom is 0.291 e. The van der Waals surface area contributed by atoms with Gasteiger partial charge in [-0.15, -0.1) is 0 Å². The molecule has 0 radical (unpaired) electrons. The number of aryl methyl sites for hydroxylation is 1. The van der Waals surface area contributed by atoms with E-state index in [1.54, 1.807) is 37.3 Å². The molecule has 150 valence electrons. The number of furan rings is 1. The maximum atomic E-state index is 12.5. The number of rotatable bonds is 8. The van der Waals surface area contributed by atoms with Crippen LogP contribution in [0.5, 0.6) is 0 Å². The van der Waals surface area contributed by atoms with Crippen LogP contribution in [0.4, 0.5) is 5.69 Å². The summed E-state index contributed by atoms with van der Waals surface area (Å²) in [6.07, 6.45) is 1.18. The van der Waals surface area contributed by atoms with E-state index in [0.29, 0.717) is 22.3 Å². The fourth-order valence-corrected chi connectivity index (χ4v) is 2.79. The van der Waals surface area contributed by atoms with Crippen molar-refractivity contribution in [2.45, 2.75) is 19.4 Å². The lowest BCUT2D eigenvalue weighted by Crippen LogP contribution is -2.50. The van der Waals surface area contributed by atoms with Gasteiger partial charge in [0.05, 0.1) is 40.0 Å². The van der Waals surface area contributed by atoms with E-state index >= 15 is 0 Å². The molecule has 0 saturated carbocycles. The largest absolute Gasteiger partial charge is 0.550 e. The third kappa shape index (κ3) is 6.24. The first-order chi connectivity index (χ1) is 13.0. The number of carboxylic acid groups (broad SMARTS) is 1. The standard InChI is InChI=1S/C20H25N3O5/c1-13-9-10-28-18(13)20(27)21-15-7-5-14(6-8-15)19(26)22-16(11-17(24)25)12-23(2,3)4/h5-10,16H,11-12H2,1-4H3,(H2-,21,22,24,25,26,27)/t16-/m1/s1. The summed E-state index contributed by atoms with van der Waals surface area (Å²) in [5, 5.41) is 16.4. The monoisotopic (exact) mass is 387 g/mol. The van der Waals surface area contributed by atoms with E-state index in [1.165, 1.54) is 6.26 Å². The van der Waals surface area contributed by atoms with Crippen LogP contribution in [0.15, 0.2) is 41.0 Å². The average molecular weight is 387 g/mol. The molecule has 0 aliphatic heterocycles. The fourth-order valence-electron chi connectivity index (χ4n) is 2.79. The Morgan fingerprint density at radius 2 is 1.71 bits per heavy atom. The van der Waals surface area contributed by atoms with Crippen LogP contribution in [0, 0.1) is 6.92 Å².